The predicted octanol–water partition coefficient (Wildman–Crippen LogP) is 7.69. The lowest BCUT2D eigenvalue weighted by Gasteiger charge is -2.08. The van der Waals surface area contributed by atoms with Crippen LogP contribution in [0.15, 0.2) is 85.4 Å². The fraction of sp³-hybridized carbons (Fsp3) is 0. The molecule has 0 aliphatic rings. The minimum absolute atomic E-state index is 0.715. The van der Waals surface area contributed by atoms with Gasteiger partial charge in [-0.15, -0.1) is 32.9 Å². The number of aromatic nitrogens is 4. The Bertz CT molecular complexity index is 1280. The maximum absolute atomic E-state index is 6.00. The van der Waals surface area contributed by atoms with Crippen LogP contribution in [0.2, 0.25) is 5.02 Å². The lowest BCUT2D eigenvalue weighted by atomic mass is 10.2. The van der Waals surface area contributed by atoms with Gasteiger partial charge >= 0.3 is 0 Å². The molecule has 3 aromatic heterocycles. The van der Waals surface area contributed by atoms with Crippen molar-refractivity contribution < 1.29 is 0 Å². The molecule has 0 aliphatic heterocycles. The van der Waals surface area contributed by atoms with Crippen molar-refractivity contribution in [2.24, 2.45) is 0 Å². The number of nitrogens with zero attached hydrogens (tertiary/aromatic N) is 4. The first-order valence-corrected chi connectivity index (χ1v) is 12.6. The first-order valence-electron chi connectivity index (χ1n) is 8.82. The minimum Gasteiger partial charge on any atom is -0.269 e. The number of halogens is 2. The van der Waals surface area contributed by atoms with Gasteiger partial charge in [-0.1, -0.05) is 45.7 Å². The number of thiazole rings is 1. The third kappa shape index (κ3) is 4.10. The van der Waals surface area contributed by atoms with E-state index < -0.39 is 0 Å². The second-order valence-electron chi connectivity index (χ2n) is 6.20. The van der Waals surface area contributed by atoms with Crippen molar-refractivity contribution in [1.82, 2.24) is 19.7 Å². The van der Waals surface area contributed by atoms with E-state index in [4.69, 9.17) is 16.6 Å². The van der Waals surface area contributed by atoms with Crippen LogP contribution in [0.4, 0.5) is 0 Å². The van der Waals surface area contributed by atoms with Gasteiger partial charge in [0.1, 0.15) is 0 Å². The van der Waals surface area contributed by atoms with Crippen LogP contribution in [0.1, 0.15) is 0 Å². The summed E-state index contributed by atoms with van der Waals surface area (Å²) < 4.78 is 4.01. The largest absolute Gasteiger partial charge is 0.269 e. The number of rotatable bonds is 5. The minimum atomic E-state index is 0.715. The summed E-state index contributed by atoms with van der Waals surface area (Å²) in [5.74, 6) is 0.823. The normalized spacial score (nSPS) is 11.1. The zero-order valence-electron chi connectivity index (χ0n) is 15.2. The monoisotopic (exact) mass is 530 g/mol. The van der Waals surface area contributed by atoms with E-state index in [2.05, 4.69) is 48.9 Å². The Balaban J connectivity index is 1.52. The van der Waals surface area contributed by atoms with Crippen LogP contribution in [0.3, 0.4) is 0 Å². The summed E-state index contributed by atoms with van der Waals surface area (Å²) in [6.45, 7) is 0. The van der Waals surface area contributed by atoms with Gasteiger partial charge in [-0.3, -0.25) is 4.57 Å². The average Bonchev–Trinajstić information content (AvgIpc) is 3.50. The number of thiophene rings is 1. The molecule has 0 saturated heterocycles. The Kier molecular flexibility index (Phi) is 5.75. The van der Waals surface area contributed by atoms with Crippen molar-refractivity contribution >= 4 is 62.0 Å². The predicted molar refractivity (Wildman–Crippen MR) is 129 cm³/mol. The van der Waals surface area contributed by atoms with E-state index in [9.17, 15) is 0 Å². The van der Waals surface area contributed by atoms with Gasteiger partial charge < -0.3 is 0 Å². The molecule has 0 aliphatic carbocycles. The van der Waals surface area contributed by atoms with Gasteiger partial charge in [-0.25, -0.2) is 4.98 Å². The molecule has 0 amide bonds. The van der Waals surface area contributed by atoms with Crippen LogP contribution < -0.4 is 0 Å². The standard InChI is InChI=1S/C21H12BrClN4S3/c22-14-5-9-16(10-6-14)27-19(18-2-1-11-28-18)25-26-20(27)30-21-24-17(12-29-21)13-3-7-15(23)8-4-13/h1-12H. The Morgan fingerprint density at radius 3 is 2.47 bits per heavy atom. The summed E-state index contributed by atoms with van der Waals surface area (Å²) >= 11 is 14.3. The fourth-order valence-electron chi connectivity index (χ4n) is 2.86. The lowest BCUT2D eigenvalue weighted by molar-refractivity contribution is 0.886. The maximum atomic E-state index is 6.00. The van der Waals surface area contributed by atoms with Crippen LogP contribution in [-0.2, 0) is 0 Å². The molecule has 5 aromatic rings. The highest BCUT2D eigenvalue weighted by atomic mass is 79.9. The van der Waals surface area contributed by atoms with Crippen LogP contribution >= 0.6 is 62.0 Å². The highest BCUT2D eigenvalue weighted by Crippen LogP contribution is 2.36. The Labute approximate surface area is 198 Å². The average molecular weight is 532 g/mol. The maximum Gasteiger partial charge on any atom is 0.203 e. The summed E-state index contributed by atoms with van der Waals surface area (Å²) in [6.07, 6.45) is 0. The first kappa shape index (κ1) is 20.0. The number of hydrogen-bond acceptors (Lipinski definition) is 6. The molecule has 3 heterocycles. The van der Waals surface area contributed by atoms with E-state index >= 15 is 0 Å². The molecule has 0 N–H and O–H groups in total. The van der Waals surface area contributed by atoms with Crippen molar-refractivity contribution in [3.8, 4) is 27.6 Å². The van der Waals surface area contributed by atoms with E-state index in [0.29, 0.717) is 5.02 Å². The van der Waals surface area contributed by atoms with Gasteiger partial charge in [0.2, 0.25) is 5.16 Å². The summed E-state index contributed by atoms with van der Waals surface area (Å²) in [7, 11) is 0. The van der Waals surface area contributed by atoms with Crippen LogP contribution in [0.25, 0.3) is 27.6 Å². The smallest absolute Gasteiger partial charge is 0.203 e. The summed E-state index contributed by atoms with van der Waals surface area (Å²) in [4.78, 5) is 5.85. The van der Waals surface area contributed by atoms with Crippen molar-refractivity contribution in [2.75, 3.05) is 0 Å². The Hall–Kier alpha value is -1.97. The van der Waals surface area contributed by atoms with Gasteiger partial charge in [0.05, 0.1) is 10.6 Å². The molecule has 0 unspecified atom stereocenters. The zero-order chi connectivity index (χ0) is 20.5. The quantitative estimate of drug-likeness (QED) is 0.233. The highest BCUT2D eigenvalue weighted by molar-refractivity contribution is 9.10. The fourth-order valence-corrected chi connectivity index (χ4v) is 5.73. The molecule has 4 nitrogen and oxygen atoms in total. The topological polar surface area (TPSA) is 43.6 Å². The van der Waals surface area contributed by atoms with E-state index in [0.717, 1.165) is 41.6 Å². The number of benzene rings is 2. The molecule has 0 spiro atoms. The first-order chi connectivity index (χ1) is 14.7. The van der Waals surface area contributed by atoms with Crippen molar-refractivity contribution in [3.05, 3.63) is 80.9 Å². The van der Waals surface area contributed by atoms with Crippen molar-refractivity contribution in [2.45, 2.75) is 9.50 Å². The third-order valence-corrected chi connectivity index (χ3v) is 7.79. The molecule has 0 fully saturated rings. The zero-order valence-corrected chi connectivity index (χ0v) is 20.0. The molecule has 148 valence electrons. The summed E-state index contributed by atoms with van der Waals surface area (Å²) in [6, 6.07) is 19.9. The molecular weight excluding hydrogens is 520 g/mol. The van der Waals surface area contributed by atoms with Crippen LogP contribution in [0.5, 0.6) is 0 Å². The van der Waals surface area contributed by atoms with E-state index in [-0.39, 0.29) is 0 Å². The van der Waals surface area contributed by atoms with Crippen molar-refractivity contribution in [1.29, 1.82) is 0 Å². The molecule has 5 rings (SSSR count). The lowest BCUT2D eigenvalue weighted by Crippen LogP contribution is -1.98. The molecule has 9 heteroatoms. The molecule has 0 bridgehead atoms. The van der Waals surface area contributed by atoms with E-state index in [1.807, 2.05) is 53.2 Å². The van der Waals surface area contributed by atoms with Crippen LogP contribution in [0, 0.1) is 0 Å². The molecule has 2 aromatic carbocycles. The molecule has 0 saturated carbocycles. The van der Waals surface area contributed by atoms with Crippen molar-refractivity contribution in [3.63, 3.8) is 0 Å². The third-order valence-electron chi connectivity index (χ3n) is 4.26. The molecular formula is C21H12BrClN4S3. The van der Waals surface area contributed by atoms with E-state index in [1.54, 1.807) is 22.7 Å². The molecule has 0 atom stereocenters. The second-order valence-corrected chi connectivity index (χ2v) is 10.6. The summed E-state index contributed by atoms with van der Waals surface area (Å²) in [5.41, 5.74) is 2.96. The SMILES string of the molecule is Clc1ccc(-c2csc(Sc3nnc(-c4cccs4)n3-c3ccc(Br)cc3)n2)cc1. The van der Waals surface area contributed by atoms with Gasteiger partial charge in [-0.05, 0) is 59.6 Å². The Morgan fingerprint density at radius 2 is 1.73 bits per heavy atom. The molecule has 30 heavy (non-hydrogen) atoms. The van der Waals surface area contributed by atoms with Gasteiger partial charge in [0, 0.05) is 26.1 Å². The van der Waals surface area contributed by atoms with E-state index in [1.165, 1.54) is 11.8 Å². The number of hydrogen-bond donors (Lipinski definition) is 0. The summed E-state index contributed by atoms with van der Waals surface area (Å²) in [5, 5.41) is 14.5. The van der Waals surface area contributed by atoms with Gasteiger partial charge in [-0.2, -0.15) is 0 Å². The van der Waals surface area contributed by atoms with Gasteiger partial charge in [0.15, 0.2) is 10.2 Å². The van der Waals surface area contributed by atoms with Gasteiger partial charge in [0.25, 0.3) is 0 Å². The Morgan fingerprint density at radius 1 is 0.933 bits per heavy atom. The highest BCUT2D eigenvalue weighted by Gasteiger charge is 2.19. The second kappa shape index (κ2) is 8.64. The van der Waals surface area contributed by atoms with Crippen LogP contribution in [-0.4, -0.2) is 19.7 Å². The molecule has 0 radical (unpaired) electrons.